The minimum absolute atomic E-state index is 0.0489. The fraction of sp³-hybridized carbons (Fsp3) is 0.600. The first-order valence-corrected chi connectivity index (χ1v) is 7.00. The van der Waals surface area contributed by atoms with E-state index in [1.165, 1.54) is 43.5 Å². The Kier molecular flexibility index (Phi) is 6.85. The summed E-state index contributed by atoms with van der Waals surface area (Å²) in [5.74, 6) is 0.582. The lowest BCUT2D eigenvalue weighted by atomic mass is 10.1. The largest absolute Gasteiger partial charge is 0.494 e. The van der Waals surface area contributed by atoms with Gasteiger partial charge >= 0.3 is 6.18 Å². The predicted molar refractivity (Wildman–Crippen MR) is 73.7 cm³/mol. The Morgan fingerprint density at radius 3 is 2.20 bits per heavy atom. The van der Waals surface area contributed by atoms with Crippen molar-refractivity contribution in [3.8, 4) is 5.75 Å². The van der Waals surface area contributed by atoms with Crippen LogP contribution in [0, 0.1) is 0 Å². The molecule has 114 valence electrons. The van der Waals surface area contributed by atoms with E-state index in [1.807, 2.05) is 0 Å². The van der Waals surface area contributed by atoms with E-state index in [0.717, 1.165) is 12.8 Å². The summed E-state index contributed by atoms with van der Waals surface area (Å²) in [4.78, 5) is 0. The molecule has 5 heteroatoms. The SMILES string of the molecule is CCCCCCCOc1ccc([C@H](N)C(F)(F)F)cc1. The van der Waals surface area contributed by atoms with Crippen LogP contribution in [0.2, 0.25) is 0 Å². The molecule has 0 unspecified atom stereocenters. The zero-order valence-electron chi connectivity index (χ0n) is 11.7. The third kappa shape index (κ3) is 5.82. The van der Waals surface area contributed by atoms with Crippen molar-refractivity contribution in [3.63, 3.8) is 0 Å². The van der Waals surface area contributed by atoms with Crippen LogP contribution in [0.5, 0.6) is 5.75 Å². The second-order valence-electron chi connectivity index (χ2n) is 4.85. The Labute approximate surface area is 118 Å². The minimum Gasteiger partial charge on any atom is -0.494 e. The Balaban J connectivity index is 2.36. The number of halogens is 3. The van der Waals surface area contributed by atoms with Crippen LogP contribution < -0.4 is 10.5 Å². The smallest absolute Gasteiger partial charge is 0.407 e. The van der Waals surface area contributed by atoms with Crippen molar-refractivity contribution >= 4 is 0 Å². The molecule has 1 rings (SSSR count). The number of unbranched alkanes of at least 4 members (excludes halogenated alkanes) is 4. The van der Waals surface area contributed by atoms with E-state index < -0.39 is 12.2 Å². The molecule has 0 saturated heterocycles. The molecule has 0 amide bonds. The van der Waals surface area contributed by atoms with E-state index in [4.69, 9.17) is 10.5 Å². The number of rotatable bonds is 8. The van der Waals surface area contributed by atoms with E-state index in [-0.39, 0.29) is 5.56 Å². The van der Waals surface area contributed by atoms with E-state index >= 15 is 0 Å². The number of benzene rings is 1. The molecule has 0 saturated carbocycles. The van der Waals surface area contributed by atoms with Gasteiger partial charge in [0, 0.05) is 0 Å². The first-order chi connectivity index (χ1) is 9.45. The van der Waals surface area contributed by atoms with Crippen molar-refractivity contribution in [2.45, 2.75) is 51.2 Å². The molecule has 0 bridgehead atoms. The Bertz CT molecular complexity index is 376. The Morgan fingerprint density at radius 2 is 1.65 bits per heavy atom. The van der Waals surface area contributed by atoms with Crippen molar-refractivity contribution in [2.24, 2.45) is 5.73 Å². The molecule has 0 radical (unpaired) electrons. The number of nitrogens with two attached hydrogens (primary N) is 1. The molecule has 2 nitrogen and oxygen atoms in total. The van der Waals surface area contributed by atoms with Gasteiger partial charge in [0.1, 0.15) is 11.8 Å². The maximum absolute atomic E-state index is 12.4. The monoisotopic (exact) mass is 289 g/mol. The van der Waals surface area contributed by atoms with Crippen LogP contribution in [-0.4, -0.2) is 12.8 Å². The average molecular weight is 289 g/mol. The van der Waals surface area contributed by atoms with Gasteiger partial charge < -0.3 is 10.5 Å². The third-order valence-electron chi connectivity index (χ3n) is 3.11. The molecule has 0 aliphatic carbocycles. The molecule has 0 aliphatic rings. The average Bonchev–Trinajstić information content (AvgIpc) is 2.41. The molecule has 0 aliphatic heterocycles. The van der Waals surface area contributed by atoms with Crippen molar-refractivity contribution in [1.29, 1.82) is 0 Å². The molecule has 0 spiro atoms. The number of hydrogen-bond donors (Lipinski definition) is 1. The number of alkyl halides is 3. The van der Waals surface area contributed by atoms with Crippen molar-refractivity contribution in [1.82, 2.24) is 0 Å². The van der Waals surface area contributed by atoms with Gasteiger partial charge in [0.25, 0.3) is 0 Å². The molecule has 1 aromatic carbocycles. The fourth-order valence-electron chi connectivity index (χ4n) is 1.86. The topological polar surface area (TPSA) is 35.2 Å². The predicted octanol–water partition coefficient (Wildman–Crippen LogP) is 4.60. The van der Waals surface area contributed by atoms with Crippen LogP contribution in [0.4, 0.5) is 13.2 Å². The van der Waals surface area contributed by atoms with Crippen molar-refractivity contribution < 1.29 is 17.9 Å². The van der Waals surface area contributed by atoms with Gasteiger partial charge in [-0.2, -0.15) is 13.2 Å². The van der Waals surface area contributed by atoms with Gasteiger partial charge in [0.2, 0.25) is 0 Å². The van der Waals surface area contributed by atoms with E-state index in [1.54, 1.807) is 0 Å². The number of ether oxygens (including phenoxy) is 1. The van der Waals surface area contributed by atoms with Gasteiger partial charge in [-0.15, -0.1) is 0 Å². The second kappa shape index (κ2) is 8.15. The van der Waals surface area contributed by atoms with Crippen LogP contribution in [0.3, 0.4) is 0 Å². The van der Waals surface area contributed by atoms with E-state index in [9.17, 15) is 13.2 Å². The van der Waals surface area contributed by atoms with Gasteiger partial charge in [0.15, 0.2) is 0 Å². The molecule has 2 N–H and O–H groups in total. The first kappa shape index (κ1) is 16.8. The summed E-state index contributed by atoms with van der Waals surface area (Å²) in [5, 5.41) is 0. The zero-order chi connectivity index (χ0) is 15.0. The van der Waals surface area contributed by atoms with Gasteiger partial charge in [-0.3, -0.25) is 0 Å². The third-order valence-corrected chi connectivity index (χ3v) is 3.11. The van der Waals surface area contributed by atoms with Gasteiger partial charge in [-0.25, -0.2) is 0 Å². The Hall–Kier alpha value is -1.23. The lowest BCUT2D eigenvalue weighted by Gasteiger charge is -2.16. The van der Waals surface area contributed by atoms with Crippen molar-refractivity contribution in [2.75, 3.05) is 6.61 Å². The van der Waals surface area contributed by atoms with Crippen LogP contribution in [0.25, 0.3) is 0 Å². The maximum Gasteiger partial charge on any atom is 0.407 e. The van der Waals surface area contributed by atoms with E-state index in [0.29, 0.717) is 12.4 Å². The molecular weight excluding hydrogens is 267 g/mol. The standard InChI is InChI=1S/C15H22F3NO/c1-2-3-4-5-6-11-20-13-9-7-12(8-10-13)14(19)15(16,17)18/h7-10,14H,2-6,11,19H2,1H3/t14-/m0/s1. The number of hydrogen-bond acceptors (Lipinski definition) is 2. The highest BCUT2D eigenvalue weighted by molar-refractivity contribution is 5.29. The highest BCUT2D eigenvalue weighted by atomic mass is 19.4. The summed E-state index contributed by atoms with van der Waals surface area (Å²) in [6.07, 6.45) is 1.28. The molecule has 1 atom stereocenters. The van der Waals surface area contributed by atoms with Crippen LogP contribution in [0.15, 0.2) is 24.3 Å². The van der Waals surface area contributed by atoms with Gasteiger partial charge in [0.05, 0.1) is 6.61 Å². The quantitative estimate of drug-likeness (QED) is 0.710. The molecule has 0 heterocycles. The molecular formula is C15H22F3NO. The highest BCUT2D eigenvalue weighted by Crippen LogP contribution is 2.31. The summed E-state index contributed by atoms with van der Waals surface area (Å²) >= 11 is 0. The second-order valence-corrected chi connectivity index (χ2v) is 4.85. The molecule has 0 aromatic heterocycles. The highest BCUT2D eigenvalue weighted by Gasteiger charge is 2.37. The van der Waals surface area contributed by atoms with Gasteiger partial charge in [-0.1, -0.05) is 44.7 Å². The summed E-state index contributed by atoms with van der Waals surface area (Å²) in [5.41, 5.74) is 5.17. The molecule has 20 heavy (non-hydrogen) atoms. The normalized spacial score (nSPS) is 13.2. The zero-order valence-corrected chi connectivity index (χ0v) is 11.7. The summed E-state index contributed by atoms with van der Waals surface area (Å²) in [6, 6.07) is 3.86. The maximum atomic E-state index is 12.4. The van der Waals surface area contributed by atoms with Gasteiger partial charge in [-0.05, 0) is 24.1 Å². The fourth-order valence-corrected chi connectivity index (χ4v) is 1.86. The summed E-state index contributed by atoms with van der Waals surface area (Å²) in [6.45, 7) is 2.75. The first-order valence-electron chi connectivity index (χ1n) is 7.00. The van der Waals surface area contributed by atoms with Crippen LogP contribution in [-0.2, 0) is 0 Å². The van der Waals surface area contributed by atoms with Crippen molar-refractivity contribution in [3.05, 3.63) is 29.8 Å². The summed E-state index contributed by atoms with van der Waals surface area (Å²) < 4.78 is 42.8. The van der Waals surface area contributed by atoms with E-state index in [2.05, 4.69) is 6.92 Å². The lowest BCUT2D eigenvalue weighted by molar-refractivity contribution is -0.149. The summed E-state index contributed by atoms with van der Waals surface area (Å²) in [7, 11) is 0. The minimum atomic E-state index is -4.42. The molecule has 0 fully saturated rings. The lowest BCUT2D eigenvalue weighted by Crippen LogP contribution is -2.28. The molecule has 1 aromatic rings. The van der Waals surface area contributed by atoms with Crippen LogP contribution in [0.1, 0.15) is 50.6 Å². The van der Waals surface area contributed by atoms with Crippen LogP contribution >= 0.6 is 0 Å². The Morgan fingerprint density at radius 1 is 1.05 bits per heavy atom.